The zero-order valence-corrected chi connectivity index (χ0v) is 20.2. The molecule has 7 heteroatoms. The maximum absolute atomic E-state index is 13.6. The van der Waals surface area contributed by atoms with Gasteiger partial charge in [0.05, 0.1) is 19.0 Å². The Kier molecular flexibility index (Phi) is 7.23. The molecule has 35 heavy (non-hydrogen) atoms. The van der Waals surface area contributed by atoms with Crippen molar-refractivity contribution in [3.8, 4) is 17.4 Å². The SMILES string of the molecule is COc1ccccc1Oc1cncc(C2CCCN(C(=O)c3ccccc3CN3CCCC3)C2)n1. The number of amides is 1. The molecule has 0 N–H and O–H groups in total. The number of benzene rings is 2. The molecule has 5 rings (SSSR count). The van der Waals surface area contributed by atoms with E-state index >= 15 is 0 Å². The molecule has 2 fully saturated rings. The minimum absolute atomic E-state index is 0.110. The highest BCUT2D eigenvalue weighted by Gasteiger charge is 2.28. The van der Waals surface area contributed by atoms with Gasteiger partial charge in [0, 0.05) is 37.3 Å². The predicted octanol–water partition coefficient (Wildman–Crippen LogP) is 4.89. The van der Waals surface area contributed by atoms with Gasteiger partial charge in [0.25, 0.3) is 5.91 Å². The minimum Gasteiger partial charge on any atom is -0.493 e. The number of hydrogen-bond donors (Lipinski definition) is 0. The van der Waals surface area contributed by atoms with Gasteiger partial charge in [-0.3, -0.25) is 14.7 Å². The smallest absolute Gasteiger partial charge is 0.254 e. The topological polar surface area (TPSA) is 67.8 Å². The summed E-state index contributed by atoms with van der Waals surface area (Å²) in [7, 11) is 1.61. The number of nitrogens with zero attached hydrogens (tertiary/aromatic N) is 4. The Balaban J connectivity index is 1.30. The third-order valence-corrected chi connectivity index (χ3v) is 6.88. The first-order chi connectivity index (χ1) is 17.2. The van der Waals surface area contributed by atoms with Crippen LogP contribution in [0, 0.1) is 0 Å². The zero-order chi connectivity index (χ0) is 24.0. The Morgan fingerprint density at radius 3 is 2.57 bits per heavy atom. The monoisotopic (exact) mass is 472 g/mol. The van der Waals surface area contributed by atoms with Crippen molar-refractivity contribution >= 4 is 5.91 Å². The second-order valence-electron chi connectivity index (χ2n) is 9.27. The van der Waals surface area contributed by atoms with Gasteiger partial charge in [0.1, 0.15) is 0 Å². The molecule has 0 saturated carbocycles. The lowest BCUT2D eigenvalue weighted by molar-refractivity contribution is 0.0703. The fourth-order valence-electron chi connectivity index (χ4n) is 5.05. The molecule has 3 heterocycles. The van der Waals surface area contributed by atoms with Gasteiger partial charge in [-0.05, 0) is 62.5 Å². The van der Waals surface area contributed by atoms with Crippen LogP contribution in [0.5, 0.6) is 17.4 Å². The van der Waals surface area contributed by atoms with Crippen LogP contribution in [-0.2, 0) is 6.54 Å². The predicted molar refractivity (Wildman–Crippen MR) is 134 cm³/mol. The highest BCUT2D eigenvalue weighted by molar-refractivity contribution is 5.95. The maximum Gasteiger partial charge on any atom is 0.254 e. The Hall–Kier alpha value is -3.45. The number of likely N-dealkylation sites (tertiary alicyclic amines) is 2. The number of ether oxygens (including phenoxy) is 2. The molecule has 0 bridgehead atoms. The average molecular weight is 473 g/mol. The largest absolute Gasteiger partial charge is 0.493 e. The van der Waals surface area contributed by atoms with Crippen LogP contribution in [-0.4, -0.2) is 59.0 Å². The molecule has 2 aliphatic heterocycles. The van der Waals surface area contributed by atoms with E-state index in [2.05, 4.69) is 16.0 Å². The quantitative estimate of drug-likeness (QED) is 0.488. The minimum atomic E-state index is 0.110. The molecule has 1 aromatic heterocycles. The number of para-hydroxylation sites is 2. The van der Waals surface area contributed by atoms with Crippen molar-refractivity contribution in [2.75, 3.05) is 33.3 Å². The van der Waals surface area contributed by atoms with Crippen molar-refractivity contribution in [1.82, 2.24) is 19.8 Å². The van der Waals surface area contributed by atoms with E-state index in [0.29, 0.717) is 23.9 Å². The summed E-state index contributed by atoms with van der Waals surface area (Å²) < 4.78 is 11.3. The van der Waals surface area contributed by atoms with Crippen molar-refractivity contribution in [3.63, 3.8) is 0 Å². The normalized spacial score (nSPS) is 18.4. The van der Waals surface area contributed by atoms with Crippen LogP contribution in [0.3, 0.4) is 0 Å². The van der Waals surface area contributed by atoms with Crippen LogP contribution >= 0.6 is 0 Å². The molecule has 1 amide bonds. The molecule has 1 unspecified atom stereocenters. The summed E-state index contributed by atoms with van der Waals surface area (Å²) in [6.07, 6.45) is 7.77. The Labute approximate surface area is 206 Å². The average Bonchev–Trinajstić information content (AvgIpc) is 3.42. The van der Waals surface area contributed by atoms with Crippen molar-refractivity contribution in [1.29, 1.82) is 0 Å². The number of carbonyl (C=O) groups excluding carboxylic acids is 1. The number of rotatable bonds is 7. The van der Waals surface area contributed by atoms with Gasteiger partial charge in [-0.25, -0.2) is 4.98 Å². The molecule has 0 spiro atoms. The molecular weight excluding hydrogens is 440 g/mol. The second kappa shape index (κ2) is 10.9. The third-order valence-electron chi connectivity index (χ3n) is 6.88. The van der Waals surface area contributed by atoms with E-state index < -0.39 is 0 Å². The van der Waals surface area contributed by atoms with E-state index in [1.807, 2.05) is 47.4 Å². The highest BCUT2D eigenvalue weighted by Crippen LogP contribution is 2.32. The number of piperidine rings is 1. The molecule has 182 valence electrons. The van der Waals surface area contributed by atoms with Crippen molar-refractivity contribution in [3.05, 3.63) is 77.7 Å². The van der Waals surface area contributed by atoms with Gasteiger partial charge in [0.15, 0.2) is 11.5 Å². The molecular formula is C28H32N4O3. The third kappa shape index (κ3) is 5.46. The molecule has 0 aliphatic carbocycles. The van der Waals surface area contributed by atoms with Gasteiger partial charge in [0.2, 0.25) is 5.88 Å². The number of hydrogen-bond acceptors (Lipinski definition) is 6. The first kappa shape index (κ1) is 23.3. The summed E-state index contributed by atoms with van der Waals surface area (Å²) >= 11 is 0. The molecule has 0 radical (unpaired) electrons. The first-order valence-electron chi connectivity index (χ1n) is 12.4. The van der Waals surface area contributed by atoms with Crippen LogP contribution in [0.15, 0.2) is 60.9 Å². The lowest BCUT2D eigenvalue weighted by atomic mass is 9.94. The molecule has 7 nitrogen and oxygen atoms in total. The molecule has 3 aromatic rings. The summed E-state index contributed by atoms with van der Waals surface area (Å²) in [6, 6.07) is 15.5. The van der Waals surface area contributed by atoms with Crippen molar-refractivity contribution in [2.45, 2.75) is 38.1 Å². The fraction of sp³-hybridized carbons (Fsp3) is 0.393. The Morgan fingerprint density at radius 2 is 1.74 bits per heavy atom. The molecule has 2 saturated heterocycles. The van der Waals surface area contributed by atoms with Crippen LogP contribution in [0.2, 0.25) is 0 Å². The number of aromatic nitrogens is 2. The van der Waals surface area contributed by atoms with Crippen LogP contribution in [0.25, 0.3) is 0 Å². The van der Waals surface area contributed by atoms with E-state index in [-0.39, 0.29) is 11.8 Å². The summed E-state index contributed by atoms with van der Waals surface area (Å²) in [6.45, 7) is 4.45. The van der Waals surface area contributed by atoms with Gasteiger partial charge in [-0.1, -0.05) is 30.3 Å². The van der Waals surface area contributed by atoms with Gasteiger partial charge >= 0.3 is 0 Å². The fourth-order valence-corrected chi connectivity index (χ4v) is 5.05. The summed E-state index contributed by atoms with van der Waals surface area (Å²) in [5.41, 5.74) is 2.79. The number of methoxy groups -OCH3 is 1. The van der Waals surface area contributed by atoms with E-state index in [9.17, 15) is 4.79 Å². The van der Waals surface area contributed by atoms with E-state index in [1.54, 1.807) is 19.5 Å². The second-order valence-corrected chi connectivity index (χ2v) is 9.27. The van der Waals surface area contributed by atoms with Gasteiger partial charge in [-0.15, -0.1) is 0 Å². The van der Waals surface area contributed by atoms with Crippen LogP contribution < -0.4 is 9.47 Å². The Bertz CT molecular complexity index is 1160. The summed E-state index contributed by atoms with van der Waals surface area (Å²) in [5, 5.41) is 0. The highest BCUT2D eigenvalue weighted by atomic mass is 16.5. The van der Waals surface area contributed by atoms with Crippen molar-refractivity contribution in [2.24, 2.45) is 0 Å². The molecule has 1 atom stereocenters. The maximum atomic E-state index is 13.6. The summed E-state index contributed by atoms with van der Waals surface area (Å²) in [4.78, 5) is 27.1. The van der Waals surface area contributed by atoms with Crippen LogP contribution in [0.4, 0.5) is 0 Å². The number of carbonyl (C=O) groups is 1. The van der Waals surface area contributed by atoms with Crippen molar-refractivity contribution < 1.29 is 14.3 Å². The standard InChI is InChI=1S/C28H32N4O3/c1-34-25-12-4-5-13-26(25)35-27-18-29-17-24(30-27)22-10-8-16-32(20-22)28(33)23-11-3-2-9-21(23)19-31-14-6-7-15-31/h2-5,9,11-13,17-18,22H,6-8,10,14-16,19-20H2,1H3. The van der Waals surface area contributed by atoms with E-state index in [0.717, 1.165) is 55.8 Å². The van der Waals surface area contributed by atoms with E-state index in [4.69, 9.17) is 14.5 Å². The zero-order valence-electron chi connectivity index (χ0n) is 20.2. The Morgan fingerprint density at radius 1 is 0.971 bits per heavy atom. The summed E-state index contributed by atoms with van der Waals surface area (Å²) in [5.74, 6) is 1.88. The lowest BCUT2D eigenvalue weighted by Crippen LogP contribution is -2.40. The molecule has 2 aliphatic rings. The van der Waals surface area contributed by atoms with E-state index in [1.165, 1.54) is 12.8 Å². The lowest BCUT2D eigenvalue weighted by Gasteiger charge is -2.33. The van der Waals surface area contributed by atoms with Gasteiger partial charge < -0.3 is 14.4 Å². The van der Waals surface area contributed by atoms with Gasteiger partial charge in [-0.2, -0.15) is 0 Å². The molecule has 2 aromatic carbocycles. The van der Waals surface area contributed by atoms with Crippen LogP contribution in [0.1, 0.15) is 53.2 Å². The first-order valence-corrected chi connectivity index (χ1v) is 12.4.